The molecule has 0 saturated heterocycles. The highest BCUT2D eigenvalue weighted by Crippen LogP contribution is 2.28. The summed E-state index contributed by atoms with van der Waals surface area (Å²) in [7, 11) is 1.55. The Balaban J connectivity index is 2.72. The second-order valence-corrected chi connectivity index (χ2v) is 4.58. The van der Waals surface area contributed by atoms with E-state index in [1.807, 2.05) is 12.1 Å². The van der Waals surface area contributed by atoms with Crippen molar-refractivity contribution in [3.63, 3.8) is 0 Å². The van der Waals surface area contributed by atoms with Gasteiger partial charge in [-0.2, -0.15) is 5.26 Å². The number of nitriles is 1. The first-order chi connectivity index (χ1) is 9.24. The normalized spacial score (nSPS) is 11.6. The molecule has 3 nitrogen and oxygen atoms in total. The Hall–Kier alpha value is -1.82. The molecule has 1 rings (SSSR count). The van der Waals surface area contributed by atoms with Crippen molar-refractivity contribution in [3.8, 4) is 11.8 Å². The molecule has 0 heterocycles. The Morgan fingerprint density at radius 2 is 2.05 bits per heavy atom. The van der Waals surface area contributed by atoms with E-state index in [4.69, 9.17) is 4.74 Å². The summed E-state index contributed by atoms with van der Waals surface area (Å²) < 4.78 is 5.22. The van der Waals surface area contributed by atoms with Gasteiger partial charge >= 0.3 is 0 Å². The van der Waals surface area contributed by atoms with Crippen molar-refractivity contribution < 1.29 is 9.53 Å². The molecule has 0 aromatic heterocycles. The van der Waals surface area contributed by atoms with E-state index in [0.717, 1.165) is 25.7 Å². The summed E-state index contributed by atoms with van der Waals surface area (Å²) in [6.07, 6.45) is 4.66. The minimum absolute atomic E-state index is 0.0110. The number of carbonyl (C=O) groups is 1. The lowest BCUT2D eigenvalue weighted by Gasteiger charge is -2.12. The van der Waals surface area contributed by atoms with Crippen molar-refractivity contribution in [2.24, 2.45) is 0 Å². The highest BCUT2D eigenvalue weighted by molar-refractivity contribution is 5.89. The van der Waals surface area contributed by atoms with Crippen molar-refractivity contribution in [2.75, 3.05) is 7.11 Å². The number of para-hydroxylation sites is 1. The van der Waals surface area contributed by atoms with Crippen LogP contribution in [-0.2, 0) is 4.79 Å². The van der Waals surface area contributed by atoms with Gasteiger partial charge in [0.2, 0.25) is 0 Å². The number of unbranched alkanes of at least 4 members (excludes halogenated alkanes) is 3. The third-order valence-electron chi connectivity index (χ3n) is 3.18. The van der Waals surface area contributed by atoms with E-state index < -0.39 is 5.92 Å². The minimum Gasteiger partial charge on any atom is -0.496 e. The van der Waals surface area contributed by atoms with E-state index in [9.17, 15) is 10.1 Å². The van der Waals surface area contributed by atoms with Crippen LogP contribution < -0.4 is 4.74 Å². The summed E-state index contributed by atoms with van der Waals surface area (Å²) in [6.45, 7) is 2.13. The number of hydrogen-bond acceptors (Lipinski definition) is 3. The van der Waals surface area contributed by atoms with Crippen LogP contribution in [0.1, 0.15) is 50.5 Å². The Kier molecular flexibility index (Phi) is 6.67. The van der Waals surface area contributed by atoms with E-state index in [1.54, 1.807) is 19.2 Å². The molecule has 0 aliphatic rings. The quantitative estimate of drug-likeness (QED) is 0.666. The van der Waals surface area contributed by atoms with Crippen LogP contribution in [0.5, 0.6) is 5.75 Å². The third kappa shape index (κ3) is 4.40. The van der Waals surface area contributed by atoms with E-state index in [0.29, 0.717) is 17.7 Å². The van der Waals surface area contributed by atoms with Gasteiger partial charge in [0.15, 0.2) is 5.78 Å². The molecule has 0 aliphatic heterocycles. The van der Waals surface area contributed by atoms with Crippen LogP contribution in [0.15, 0.2) is 24.3 Å². The number of ketones is 1. The maximum absolute atomic E-state index is 12.1. The van der Waals surface area contributed by atoms with Crippen molar-refractivity contribution in [3.05, 3.63) is 29.8 Å². The smallest absolute Gasteiger partial charge is 0.154 e. The molecule has 0 amide bonds. The summed E-state index contributed by atoms with van der Waals surface area (Å²) in [5, 5.41) is 9.25. The van der Waals surface area contributed by atoms with Crippen molar-refractivity contribution in [1.29, 1.82) is 5.26 Å². The second-order valence-electron chi connectivity index (χ2n) is 4.58. The first kappa shape index (κ1) is 15.2. The summed E-state index contributed by atoms with van der Waals surface area (Å²) in [6, 6.07) is 9.34. The highest BCUT2D eigenvalue weighted by atomic mass is 16.5. The van der Waals surface area contributed by atoms with Crippen LogP contribution >= 0.6 is 0 Å². The van der Waals surface area contributed by atoms with E-state index >= 15 is 0 Å². The van der Waals surface area contributed by atoms with Gasteiger partial charge in [-0.25, -0.2) is 0 Å². The lowest BCUT2D eigenvalue weighted by atomic mass is 9.92. The zero-order valence-corrected chi connectivity index (χ0v) is 11.7. The SMILES string of the molecule is CCCCCCC(=O)C(C#N)c1ccccc1OC. The fraction of sp³-hybridized carbons (Fsp3) is 0.500. The number of benzene rings is 1. The van der Waals surface area contributed by atoms with Gasteiger partial charge in [-0.1, -0.05) is 44.4 Å². The van der Waals surface area contributed by atoms with Crippen molar-refractivity contribution in [1.82, 2.24) is 0 Å². The molecule has 0 radical (unpaired) electrons. The summed E-state index contributed by atoms with van der Waals surface area (Å²) in [5.74, 6) is -0.114. The van der Waals surface area contributed by atoms with E-state index in [1.165, 1.54) is 0 Å². The standard InChI is InChI=1S/C16H21NO2/c1-3-4-5-6-10-15(18)14(12-17)13-9-7-8-11-16(13)19-2/h7-9,11,14H,3-6,10H2,1-2H3. The summed E-state index contributed by atoms with van der Waals surface area (Å²) in [4.78, 5) is 12.1. The lowest BCUT2D eigenvalue weighted by Crippen LogP contribution is -2.11. The number of hydrogen-bond donors (Lipinski definition) is 0. The number of ether oxygens (including phenoxy) is 1. The first-order valence-corrected chi connectivity index (χ1v) is 6.79. The average molecular weight is 259 g/mol. The van der Waals surface area contributed by atoms with Gasteiger partial charge in [-0.15, -0.1) is 0 Å². The third-order valence-corrected chi connectivity index (χ3v) is 3.18. The van der Waals surface area contributed by atoms with Gasteiger partial charge in [-0.05, 0) is 12.5 Å². The van der Waals surface area contributed by atoms with Crippen molar-refractivity contribution >= 4 is 5.78 Å². The lowest BCUT2D eigenvalue weighted by molar-refractivity contribution is -0.119. The Labute approximate surface area is 115 Å². The molecule has 19 heavy (non-hydrogen) atoms. The van der Waals surface area contributed by atoms with Crippen LogP contribution in [0.2, 0.25) is 0 Å². The molecule has 0 spiro atoms. The topological polar surface area (TPSA) is 50.1 Å². The molecule has 3 heteroatoms. The predicted octanol–water partition coefficient (Wildman–Crippen LogP) is 3.84. The van der Waals surface area contributed by atoms with Gasteiger partial charge < -0.3 is 4.74 Å². The largest absolute Gasteiger partial charge is 0.496 e. The number of nitrogens with zero attached hydrogens (tertiary/aromatic N) is 1. The molecule has 0 saturated carbocycles. The average Bonchev–Trinajstić information content (AvgIpc) is 2.45. The molecule has 0 bridgehead atoms. The highest BCUT2D eigenvalue weighted by Gasteiger charge is 2.22. The van der Waals surface area contributed by atoms with Crippen LogP contribution in [0.25, 0.3) is 0 Å². The zero-order valence-electron chi connectivity index (χ0n) is 11.7. The Morgan fingerprint density at radius 1 is 1.32 bits per heavy atom. The molecule has 0 fully saturated rings. The zero-order chi connectivity index (χ0) is 14.1. The molecule has 1 atom stereocenters. The van der Waals surface area contributed by atoms with Crippen LogP contribution in [0.4, 0.5) is 0 Å². The van der Waals surface area contributed by atoms with Crippen LogP contribution in [-0.4, -0.2) is 12.9 Å². The van der Waals surface area contributed by atoms with Crippen LogP contribution in [0, 0.1) is 11.3 Å². The molecular formula is C16H21NO2. The second kappa shape index (κ2) is 8.31. The molecule has 1 unspecified atom stereocenters. The number of Topliss-reactive ketones (excluding diaryl/α,β-unsaturated/α-hetero) is 1. The van der Waals surface area contributed by atoms with E-state index in [2.05, 4.69) is 13.0 Å². The minimum atomic E-state index is -0.710. The molecule has 102 valence electrons. The fourth-order valence-electron chi connectivity index (χ4n) is 2.09. The van der Waals surface area contributed by atoms with E-state index in [-0.39, 0.29) is 5.78 Å². The molecule has 1 aromatic rings. The molecule has 1 aromatic carbocycles. The van der Waals surface area contributed by atoms with Gasteiger partial charge in [0.25, 0.3) is 0 Å². The first-order valence-electron chi connectivity index (χ1n) is 6.79. The van der Waals surface area contributed by atoms with Gasteiger partial charge in [0.05, 0.1) is 13.2 Å². The number of methoxy groups -OCH3 is 1. The maximum atomic E-state index is 12.1. The van der Waals surface area contributed by atoms with Crippen molar-refractivity contribution in [2.45, 2.75) is 44.9 Å². The molecular weight excluding hydrogens is 238 g/mol. The molecule has 0 N–H and O–H groups in total. The monoisotopic (exact) mass is 259 g/mol. The van der Waals surface area contributed by atoms with Gasteiger partial charge in [0.1, 0.15) is 11.7 Å². The van der Waals surface area contributed by atoms with Crippen LogP contribution in [0.3, 0.4) is 0 Å². The van der Waals surface area contributed by atoms with Gasteiger partial charge in [0, 0.05) is 12.0 Å². The Morgan fingerprint density at radius 3 is 2.68 bits per heavy atom. The number of rotatable bonds is 8. The van der Waals surface area contributed by atoms with Gasteiger partial charge in [-0.3, -0.25) is 4.79 Å². The number of carbonyl (C=O) groups excluding carboxylic acids is 1. The summed E-state index contributed by atoms with van der Waals surface area (Å²) in [5.41, 5.74) is 0.674. The predicted molar refractivity (Wildman–Crippen MR) is 75.1 cm³/mol. The fourth-order valence-corrected chi connectivity index (χ4v) is 2.09. The summed E-state index contributed by atoms with van der Waals surface area (Å²) >= 11 is 0. The Bertz CT molecular complexity index is 448. The maximum Gasteiger partial charge on any atom is 0.154 e. The molecule has 0 aliphatic carbocycles.